The predicted octanol–water partition coefficient (Wildman–Crippen LogP) is 2.58. The van der Waals surface area contributed by atoms with Gasteiger partial charge in [-0.05, 0) is 45.1 Å². The van der Waals surface area contributed by atoms with E-state index in [1.165, 1.54) is 5.56 Å². The SMILES string of the molecule is Cc1cc(C(=O)NCc2ccc(CN(C)C)cc2)c2c(C)nn(C)c2n1. The zero-order valence-corrected chi connectivity index (χ0v) is 16.0. The lowest BCUT2D eigenvalue weighted by Gasteiger charge is -2.11. The topological polar surface area (TPSA) is 63.1 Å². The molecule has 136 valence electrons. The Labute approximate surface area is 153 Å². The number of aryl methyl sites for hydroxylation is 3. The number of rotatable bonds is 5. The first-order valence-corrected chi connectivity index (χ1v) is 8.67. The van der Waals surface area contributed by atoms with Gasteiger partial charge < -0.3 is 10.2 Å². The molecule has 1 amide bonds. The van der Waals surface area contributed by atoms with Crippen molar-refractivity contribution in [3.63, 3.8) is 0 Å². The average Bonchev–Trinajstić information content (AvgIpc) is 2.87. The molecule has 0 spiro atoms. The van der Waals surface area contributed by atoms with Gasteiger partial charge in [-0.1, -0.05) is 24.3 Å². The van der Waals surface area contributed by atoms with Gasteiger partial charge in [0.1, 0.15) is 0 Å². The highest BCUT2D eigenvalue weighted by atomic mass is 16.1. The lowest BCUT2D eigenvalue weighted by Crippen LogP contribution is -2.23. The van der Waals surface area contributed by atoms with Crippen molar-refractivity contribution in [2.24, 2.45) is 7.05 Å². The van der Waals surface area contributed by atoms with Gasteiger partial charge in [-0.25, -0.2) is 4.98 Å². The molecule has 3 rings (SSSR count). The van der Waals surface area contributed by atoms with Crippen LogP contribution in [-0.2, 0) is 20.1 Å². The maximum Gasteiger partial charge on any atom is 0.252 e. The van der Waals surface area contributed by atoms with Crippen molar-refractivity contribution < 1.29 is 4.79 Å². The number of nitrogens with one attached hydrogen (secondary N) is 1. The molecule has 3 aromatic rings. The van der Waals surface area contributed by atoms with Crippen molar-refractivity contribution >= 4 is 16.9 Å². The third kappa shape index (κ3) is 3.75. The van der Waals surface area contributed by atoms with Crippen molar-refractivity contribution in [2.75, 3.05) is 14.1 Å². The Morgan fingerprint density at radius 2 is 1.81 bits per heavy atom. The summed E-state index contributed by atoms with van der Waals surface area (Å²) in [6.07, 6.45) is 0. The van der Waals surface area contributed by atoms with E-state index in [2.05, 4.69) is 44.6 Å². The summed E-state index contributed by atoms with van der Waals surface area (Å²) in [4.78, 5) is 19.4. The first kappa shape index (κ1) is 18.1. The molecular weight excluding hydrogens is 326 g/mol. The molecule has 2 heterocycles. The molecule has 2 aromatic heterocycles. The van der Waals surface area contributed by atoms with E-state index in [4.69, 9.17) is 0 Å². The van der Waals surface area contributed by atoms with Gasteiger partial charge in [0.15, 0.2) is 5.65 Å². The van der Waals surface area contributed by atoms with Gasteiger partial charge in [0, 0.05) is 25.8 Å². The summed E-state index contributed by atoms with van der Waals surface area (Å²) in [6, 6.07) is 10.1. The molecule has 0 unspecified atom stereocenters. The Morgan fingerprint density at radius 3 is 2.46 bits per heavy atom. The predicted molar refractivity (Wildman–Crippen MR) is 103 cm³/mol. The molecule has 0 atom stereocenters. The van der Waals surface area contributed by atoms with E-state index in [9.17, 15) is 4.79 Å². The van der Waals surface area contributed by atoms with Crippen LogP contribution in [0.2, 0.25) is 0 Å². The minimum absolute atomic E-state index is 0.103. The standard InChI is InChI=1S/C20H25N5O/c1-13-10-17(18-14(2)23-25(5)19(18)22-13)20(26)21-11-15-6-8-16(9-7-15)12-24(3)4/h6-10H,11-12H2,1-5H3,(H,21,26). The maximum atomic E-state index is 12.8. The van der Waals surface area contributed by atoms with Crippen molar-refractivity contribution in [3.05, 3.63) is 58.4 Å². The summed E-state index contributed by atoms with van der Waals surface area (Å²) in [7, 11) is 5.94. The lowest BCUT2D eigenvalue weighted by atomic mass is 10.1. The van der Waals surface area contributed by atoms with Gasteiger partial charge in [-0.2, -0.15) is 5.10 Å². The number of hydrogen-bond donors (Lipinski definition) is 1. The fourth-order valence-electron chi connectivity index (χ4n) is 3.15. The van der Waals surface area contributed by atoms with Crippen LogP contribution in [0, 0.1) is 13.8 Å². The molecule has 0 aliphatic heterocycles. The van der Waals surface area contributed by atoms with Crippen LogP contribution in [0.4, 0.5) is 0 Å². The Hall–Kier alpha value is -2.73. The smallest absolute Gasteiger partial charge is 0.252 e. The normalized spacial score (nSPS) is 11.3. The van der Waals surface area contributed by atoms with E-state index in [-0.39, 0.29) is 5.91 Å². The Bertz CT molecular complexity index is 941. The van der Waals surface area contributed by atoms with Gasteiger partial charge in [-0.3, -0.25) is 9.48 Å². The summed E-state index contributed by atoms with van der Waals surface area (Å²) in [5.74, 6) is -0.103. The van der Waals surface area contributed by atoms with E-state index in [0.717, 1.165) is 34.5 Å². The fourth-order valence-corrected chi connectivity index (χ4v) is 3.15. The van der Waals surface area contributed by atoms with Crippen LogP contribution in [0.3, 0.4) is 0 Å². The van der Waals surface area contributed by atoms with E-state index < -0.39 is 0 Å². The zero-order valence-electron chi connectivity index (χ0n) is 16.0. The third-order valence-corrected chi connectivity index (χ3v) is 4.32. The van der Waals surface area contributed by atoms with Gasteiger partial charge in [0.05, 0.1) is 16.6 Å². The van der Waals surface area contributed by atoms with Crippen LogP contribution in [-0.4, -0.2) is 39.7 Å². The highest BCUT2D eigenvalue weighted by Crippen LogP contribution is 2.21. The minimum Gasteiger partial charge on any atom is -0.348 e. The van der Waals surface area contributed by atoms with Crippen LogP contribution >= 0.6 is 0 Å². The number of benzene rings is 1. The summed E-state index contributed by atoms with van der Waals surface area (Å²) < 4.78 is 1.72. The van der Waals surface area contributed by atoms with Gasteiger partial charge in [0.25, 0.3) is 5.91 Å². The molecule has 26 heavy (non-hydrogen) atoms. The molecule has 1 N–H and O–H groups in total. The molecule has 0 saturated carbocycles. The van der Waals surface area contributed by atoms with Crippen LogP contribution in [0.25, 0.3) is 11.0 Å². The first-order valence-electron chi connectivity index (χ1n) is 8.67. The van der Waals surface area contributed by atoms with E-state index >= 15 is 0 Å². The largest absolute Gasteiger partial charge is 0.348 e. The zero-order chi connectivity index (χ0) is 18.8. The minimum atomic E-state index is -0.103. The second-order valence-electron chi connectivity index (χ2n) is 6.96. The Morgan fingerprint density at radius 1 is 1.15 bits per heavy atom. The molecular formula is C20H25N5O. The number of fused-ring (bicyclic) bond motifs is 1. The van der Waals surface area contributed by atoms with Crippen molar-refractivity contribution in [3.8, 4) is 0 Å². The van der Waals surface area contributed by atoms with Gasteiger partial charge >= 0.3 is 0 Å². The van der Waals surface area contributed by atoms with Crippen LogP contribution < -0.4 is 5.32 Å². The molecule has 0 fully saturated rings. The van der Waals surface area contributed by atoms with Crippen LogP contribution in [0.1, 0.15) is 32.9 Å². The first-order chi connectivity index (χ1) is 12.3. The second-order valence-corrected chi connectivity index (χ2v) is 6.96. The highest BCUT2D eigenvalue weighted by molar-refractivity contribution is 6.06. The van der Waals surface area contributed by atoms with E-state index in [1.54, 1.807) is 4.68 Å². The number of hydrogen-bond acceptors (Lipinski definition) is 4. The van der Waals surface area contributed by atoms with E-state index in [0.29, 0.717) is 12.1 Å². The summed E-state index contributed by atoms with van der Waals surface area (Å²) >= 11 is 0. The fraction of sp³-hybridized carbons (Fsp3) is 0.350. The molecule has 0 radical (unpaired) electrons. The van der Waals surface area contributed by atoms with Crippen LogP contribution in [0.15, 0.2) is 30.3 Å². The number of amides is 1. The molecule has 0 saturated heterocycles. The molecule has 1 aromatic carbocycles. The number of carbonyl (C=O) groups is 1. The van der Waals surface area contributed by atoms with Crippen LogP contribution in [0.5, 0.6) is 0 Å². The monoisotopic (exact) mass is 351 g/mol. The molecule has 6 heteroatoms. The third-order valence-electron chi connectivity index (χ3n) is 4.32. The highest BCUT2D eigenvalue weighted by Gasteiger charge is 2.17. The summed E-state index contributed by atoms with van der Waals surface area (Å²) in [5.41, 5.74) is 5.31. The van der Waals surface area contributed by atoms with E-state index in [1.807, 2.05) is 41.1 Å². The molecule has 0 aliphatic rings. The maximum absolute atomic E-state index is 12.8. The van der Waals surface area contributed by atoms with Crippen molar-refractivity contribution in [1.29, 1.82) is 0 Å². The summed E-state index contributed by atoms with van der Waals surface area (Å²) in [6.45, 7) is 5.19. The van der Waals surface area contributed by atoms with Crippen molar-refractivity contribution in [1.82, 2.24) is 25.0 Å². The number of aromatic nitrogens is 3. The van der Waals surface area contributed by atoms with Gasteiger partial charge in [-0.15, -0.1) is 0 Å². The summed E-state index contributed by atoms with van der Waals surface area (Å²) in [5, 5.41) is 8.23. The second kappa shape index (κ2) is 7.25. The van der Waals surface area contributed by atoms with Crippen molar-refractivity contribution in [2.45, 2.75) is 26.9 Å². The number of carbonyl (C=O) groups excluding carboxylic acids is 1. The quantitative estimate of drug-likeness (QED) is 0.767. The van der Waals surface area contributed by atoms with Gasteiger partial charge in [0.2, 0.25) is 0 Å². The lowest BCUT2D eigenvalue weighted by molar-refractivity contribution is 0.0952. The Balaban J connectivity index is 1.77. The number of nitrogens with zero attached hydrogens (tertiary/aromatic N) is 4. The number of pyridine rings is 1. The average molecular weight is 351 g/mol. The molecule has 0 aliphatic carbocycles. The Kier molecular flexibility index (Phi) is 5.04. The molecule has 0 bridgehead atoms. The molecule has 6 nitrogen and oxygen atoms in total.